The van der Waals surface area contributed by atoms with E-state index in [1.165, 1.54) is 11.6 Å². The van der Waals surface area contributed by atoms with Gasteiger partial charge in [-0.15, -0.1) is 11.3 Å². The molecule has 1 aromatic heterocycles. The van der Waals surface area contributed by atoms with Crippen LogP contribution in [0.5, 0.6) is 5.75 Å². The average molecular weight is 326 g/mol. The second kappa shape index (κ2) is 5.54. The van der Waals surface area contributed by atoms with Gasteiger partial charge in [-0.25, -0.2) is 0 Å². The van der Waals surface area contributed by atoms with Crippen LogP contribution in [-0.2, 0) is 6.54 Å². The van der Waals surface area contributed by atoms with Crippen LogP contribution in [0.4, 0.5) is 0 Å². The van der Waals surface area contributed by atoms with Crippen molar-refractivity contribution in [3.63, 3.8) is 0 Å². The first-order chi connectivity index (χ1) is 8.58. The number of carbonyl (C=O) groups is 1. The number of hydrogen-bond donors (Lipinski definition) is 2. The summed E-state index contributed by atoms with van der Waals surface area (Å²) in [5.74, 6) is -0.124. The van der Waals surface area contributed by atoms with Crippen LogP contribution >= 0.6 is 27.3 Å². The lowest BCUT2D eigenvalue weighted by atomic mass is 10.2. The molecule has 0 saturated heterocycles. The Labute approximate surface area is 118 Å². The molecule has 0 saturated carbocycles. The number of phenols is 1. The van der Waals surface area contributed by atoms with Gasteiger partial charge in [0.05, 0.1) is 11.0 Å². The Hall–Kier alpha value is -1.33. The lowest BCUT2D eigenvalue weighted by molar-refractivity contribution is 0.0951. The number of carbonyl (C=O) groups excluding carboxylic acids is 1. The van der Waals surface area contributed by atoms with E-state index in [2.05, 4.69) is 21.2 Å². The van der Waals surface area contributed by atoms with E-state index in [0.29, 0.717) is 16.6 Å². The third kappa shape index (κ3) is 2.91. The van der Waals surface area contributed by atoms with Crippen LogP contribution < -0.4 is 5.32 Å². The Kier molecular flexibility index (Phi) is 4.04. The standard InChI is InChI=1S/C13H12BrNO2S/c1-8-4-5-18-12(8)7-15-13(17)9-2-3-10(14)11(16)6-9/h2-6,16H,7H2,1H3,(H,15,17). The Morgan fingerprint density at radius 3 is 2.83 bits per heavy atom. The lowest BCUT2D eigenvalue weighted by Crippen LogP contribution is -2.22. The molecule has 0 fully saturated rings. The minimum Gasteiger partial charge on any atom is -0.507 e. The smallest absolute Gasteiger partial charge is 0.251 e. The molecular formula is C13H12BrNO2S. The number of thiophene rings is 1. The molecule has 2 aromatic rings. The number of aromatic hydroxyl groups is 1. The Bertz CT molecular complexity index is 580. The fourth-order valence-corrected chi connectivity index (χ4v) is 2.59. The molecule has 0 atom stereocenters. The van der Waals surface area contributed by atoms with E-state index in [9.17, 15) is 9.90 Å². The number of hydrogen-bond acceptors (Lipinski definition) is 3. The van der Waals surface area contributed by atoms with E-state index >= 15 is 0 Å². The summed E-state index contributed by atoms with van der Waals surface area (Å²) >= 11 is 4.80. The van der Waals surface area contributed by atoms with Crippen LogP contribution in [0.25, 0.3) is 0 Å². The van der Waals surface area contributed by atoms with E-state index < -0.39 is 0 Å². The van der Waals surface area contributed by atoms with Gasteiger partial charge in [0.25, 0.3) is 5.91 Å². The maximum Gasteiger partial charge on any atom is 0.251 e. The molecule has 5 heteroatoms. The average Bonchev–Trinajstić information content (AvgIpc) is 2.75. The van der Waals surface area contributed by atoms with Crippen molar-refractivity contribution in [2.45, 2.75) is 13.5 Å². The van der Waals surface area contributed by atoms with Crippen molar-refractivity contribution in [2.24, 2.45) is 0 Å². The van der Waals surface area contributed by atoms with Gasteiger partial charge < -0.3 is 10.4 Å². The van der Waals surface area contributed by atoms with E-state index in [0.717, 1.165) is 4.88 Å². The van der Waals surface area contributed by atoms with Crippen molar-refractivity contribution in [3.8, 4) is 5.75 Å². The molecular weight excluding hydrogens is 314 g/mol. The van der Waals surface area contributed by atoms with Crippen LogP contribution in [-0.4, -0.2) is 11.0 Å². The molecule has 18 heavy (non-hydrogen) atoms. The molecule has 2 N–H and O–H groups in total. The highest BCUT2D eigenvalue weighted by atomic mass is 79.9. The fourth-order valence-electron chi connectivity index (χ4n) is 1.50. The van der Waals surface area contributed by atoms with Gasteiger partial charge in [-0.2, -0.15) is 0 Å². The highest BCUT2D eigenvalue weighted by Crippen LogP contribution is 2.24. The summed E-state index contributed by atoms with van der Waals surface area (Å²) in [7, 11) is 0. The minimum atomic E-state index is -0.189. The molecule has 1 aromatic carbocycles. The zero-order valence-corrected chi connectivity index (χ0v) is 12.1. The number of nitrogens with one attached hydrogen (secondary N) is 1. The SMILES string of the molecule is Cc1ccsc1CNC(=O)c1ccc(Br)c(O)c1. The van der Waals surface area contributed by atoms with Gasteiger partial charge in [0.15, 0.2) is 0 Å². The quantitative estimate of drug-likeness (QED) is 0.908. The zero-order valence-electron chi connectivity index (χ0n) is 9.74. The van der Waals surface area contributed by atoms with E-state index in [4.69, 9.17) is 0 Å². The molecule has 0 unspecified atom stereocenters. The summed E-state index contributed by atoms with van der Waals surface area (Å²) in [6, 6.07) is 6.79. The third-order valence-electron chi connectivity index (χ3n) is 2.59. The van der Waals surface area contributed by atoms with Crippen molar-refractivity contribution in [2.75, 3.05) is 0 Å². The predicted octanol–water partition coefficient (Wildman–Crippen LogP) is 3.45. The summed E-state index contributed by atoms with van der Waals surface area (Å²) in [4.78, 5) is 13.0. The summed E-state index contributed by atoms with van der Waals surface area (Å²) in [5.41, 5.74) is 1.63. The maximum absolute atomic E-state index is 11.9. The first-order valence-electron chi connectivity index (χ1n) is 5.37. The highest BCUT2D eigenvalue weighted by molar-refractivity contribution is 9.10. The molecule has 1 heterocycles. The summed E-state index contributed by atoms with van der Waals surface area (Å²) < 4.78 is 0.577. The largest absolute Gasteiger partial charge is 0.507 e. The van der Waals surface area contributed by atoms with Crippen LogP contribution in [0.15, 0.2) is 34.1 Å². The molecule has 0 aliphatic carbocycles. The van der Waals surface area contributed by atoms with Crippen LogP contribution in [0.3, 0.4) is 0 Å². The number of aryl methyl sites for hydroxylation is 1. The monoisotopic (exact) mass is 325 g/mol. The number of amides is 1. The van der Waals surface area contributed by atoms with Gasteiger partial charge in [-0.05, 0) is 58.1 Å². The second-order valence-corrected chi connectivity index (χ2v) is 5.73. The molecule has 0 aliphatic heterocycles. The van der Waals surface area contributed by atoms with Gasteiger partial charge in [0, 0.05) is 10.4 Å². The minimum absolute atomic E-state index is 0.0648. The first kappa shape index (κ1) is 13.1. The molecule has 3 nitrogen and oxygen atoms in total. The number of phenolic OH excluding ortho intramolecular Hbond substituents is 1. The normalized spacial score (nSPS) is 10.3. The second-order valence-electron chi connectivity index (χ2n) is 3.88. The van der Waals surface area contributed by atoms with Gasteiger partial charge in [0.2, 0.25) is 0 Å². The van der Waals surface area contributed by atoms with E-state index in [1.54, 1.807) is 23.5 Å². The Morgan fingerprint density at radius 2 is 2.22 bits per heavy atom. The Balaban J connectivity index is 2.04. The molecule has 0 radical (unpaired) electrons. The topological polar surface area (TPSA) is 49.3 Å². The summed E-state index contributed by atoms with van der Waals surface area (Å²) in [5, 5.41) is 14.4. The number of rotatable bonds is 3. The van der Waals surface area contributed by atoms with Gasteiger partial charge in [0.1, 0.15) is 5.75 Å². The molecule has 1 amide bonds. The maximum atomic E-state index is 11.9. The molecule has 2 rings (SSSR count). The van der Waals surface area contributed by atoms with Crippen LogP contribution in [0.1, 0.15) is 20.8 Å². The number of benzene rings is 1. The number of halogens is 1. The van der Waals surface area contributed by atoms with Crippen molar-refractivity contribution >= 4 is 33.2 Å². The van der Waals surface area contributed by atoms with E-state index in [-0.39, 0.29) is 11.7 Å². The Morgan fingerprint density at radius 1 is 1.44 bits per heavy atom. The van der Waals surface area contributed by atoms with E-state index in [1.807, 2.05) is 18.4 Å². The van der Waals surface area contributed by atoms with Crippen molar-refractivity contribution in [1.82, 2.24) is 5.32 Å². The van der Waals surface area contributed by atoms with Crippen LogP contribution in [0, 0.1) is 6.92 Å². The first-order valence-corrected chi connectivity index (χ1v) is 7.05. The van der Waals surface area contributed by atoms with Crippen molar-refractivity contribution in [1.29, 1.82) is 0 Å². The van der Waals surface area contributed by atoms with Gasteiger partial charge in [-0.1, -0.05) is 0 Å². The molecule has 0 bridgehead atoms. The molecule has 94 valence electrons. The molecule has 0 aliphatic rings. The summed E-state index contributed by atoms with van der Waals surface area (Å²) in [6.45, 7) is 2.53. The van der Waals surface area contributed by atoms with Crippen LogP contribution in [0.2, 0.25) is 0 Å². The highest BCUT2D eigenvalue weighted by Gasteiger charge is 2.09. The lowest BCUT2D eigenvalue weighted by Gasteiger charge is -2.06. The predicted molar refractivity (Wildman–Crippen MR) is 76.0 cm³/mol. The van der Waals surface area contributed by atoms with Gasteiger partial charge in [-0.3, -0.25) is 4.79 Å². The van der Waals surface area contributed by atoms with Crippen molar-refractivity contribution in [3.05, 3.63) is 50.1 Å². The van der Waals surface area contributed by atoms with Crippen molar-refractivity contribution < 1.29 is 9.90 Å². The van der Waals surface area contributed by atoms with Gasteiger partial charge >= 0.3 is 0 Å². The fraction of sp³-hybridized carbons (Fsp3) is 0.154. The zero-order chi connectivity index (χ0) is 13.1. The third-order valence-corrected chi connectivity index (χ3v) is 4.28. The summed E-state index contributed by atoms with van der Waals surface area (Å²) in [6.07, 6.45) is 0. The molecule has 0 spiro atoms.